The summed E-state index contributed by atoms with van der Waals surface area (Å²) in [5, 5.41) is 8.02. The highest BCUT2D eigenvalue weighted by molar-refractivity contribution is 5.86. The number of ether oxygens (including phenoxy) is 1. The molecular weight excluding hydrogens is 288 g/mol. The quantitative estimate of drug-likeness (QED) is 0.398. The molecule has 1 heterocycles. The average molecular weight is 316 g/mol. The Balaban J connectivity index is 1.78. The number of aromatic nitrogens is 1. The molecule has 23 heavy (non-hydrogen) atoms. The SMILES string of the molecule is CCOCCCNC(=NC)NCCc1c[nH]c2cccc(C)c12. The van der Waals surface area contributed by atoms with Gasteiger partial charge in [0.15, 0.2) is 5.96 Å². The van der Waals surface area contributed by atoms with E-state index in [1.165, 1.54) is 22.0 Å². The van der Waals surface area contributed by atoms with E-state index in [-0.39, 0.29) is 0 Å². The zero-order valence-corrected chi connectivity index (χ0v) is 14.4. The first-order valence-electron chi connectivity index (χ1n) is 8.34. The minimum Gasteiger partial charge on any atom is -0.382 e. The second-order valence-electron chi connectivity index (χ2n) is 5.54. The van der Waals surface area contributed by atoms with Gasteiger partial charge in [-0.2, -0.15) is 0 Å². The van der Waals surface area contributed by atoms with Crippen molar-refractivity contribution >= 4 is 16.9 Å². The summed E-state index contributed by atoms with van der Waals surface area (Å²) in [6.45, 7) is 7.46. The van der Waals surface area contributed by atoms with Crippen molar-refractivity contribution in [3.8, 4) is 0 Å². The number of aliphatic imine (C=N–C) groups is 1. The Morgan fingerprint density at radius 2 is 2.09 bits per heavy atom. The molecule has 0 spiro atoms. The summed E-state index contributed by atoms with van der Waals surface area (Å²) < 4.78 is 5.33. The average Bonchev–Trinajstić information content (AvgIpc) is 2.97. The van der Waals surface area contributed by atoms with Gasteiger partial charge in [0.05, 0.1) is 0 Å². The molecule has 0 fully saturated rings. The molecule has 5 heteroatoms. The van der Waals surface area contributed by atoms with Gasteiger partial charge in [-0.1, -0.05) is 12.1 Å². The Labute approximate surface area is 138 Å². The molecule has 0 saturated heterocycles. The molecule has 0 unspecified atom stereocenters. The molecule has 3 N–H and O–H groups in total. The standard InChI is InChI=1S/C18H28N4O/c1-4-23-12-6-10-20-18(19-3)21-11-9-15-13-22-16-8-5-7-14(2)17(15)16/h5,7-8,13,22H,4,6,9-12H2,1-3H3,(H2,19,20,21). The van der Waals surface area contributed by atoms with Gasteiger partial charge in [-0.05, 0) is 43.9 Å². The van der Waals surface area contributed by atoms with Gasteiger partial charge in [0.25, 0.3) is 0 Å². The minimum absolute atomic E-state index is 0.775. The van der Waals surface area contributed by atoms with Crippen molar-refractivity contribution in [1.29, 1.82) is 0 Å². The summed E-state index contributed by atoms with van der Waals surface area (Å²) in [5.74, 6) is 0.845. The highest BCUT2D eigenvalue weighted by Gasteiger charge is 2.06. The maximum absolute atomic E-state index is 5.33. The molecule has 126 valence electrons. The molecule has 0 amide bonds. The number of hydrogen-bond donors (Lipinski definition) is 3. The van der Waals surface area contributed by atoms with Crippen LogP contribution in [0.25, 0.3) is 10.9 Å². The Bertz CT molecular complexity index is 633. The van der Waals surface area contributed by atoms with Crippen LogP contribution in [0, 0.1) is 6.92 Å². The van der Waals surface area contributed by atoms with Crippen molar-refractivity contribution in [1.82, 2.24) is 15.6 Å². The number of fused-ring (bicyclic) bond motifs is 1. The van der Waals surface area contributed by atoms with Crippen molar-refractivity contribution < 1.29 is 4.74 Å². The maximum Gasteiger partial charge on any atom is 0.190 e. The number of nitrogens with one attached hydrogen (secondary N) is 3. The summed E-state index contributed by atoms with van der Waals surface area (Å²) in [7, 11) is 1.80. The van der Waals surface area contributed by atoms with Crippen LogP contribution in [0.2, 0.25) is 0 Å². The van der Waals surface area contributed by atoms with Crippen LogP contribution in [-0.4, -0.2) is 44.3 Å². The van der Waals surface area contributed by atoms with Crippen LogP contribution in [0.3, 0.4) is 0 Å². The van der Waals surface area contributed by atoms with Gasteiger partial charge < -0.3 is 20.4 Å². The largest absolute Gasteiger partial charge is 0.382 e. The van der Waals surface area contributed by atoms with Crippen LogP contribution in [0.5, 0.6) is 0 Å². The molecule has 0 radical (unpaired) electrons. The highest BCUT2D eigenvalue weighted by atomic mass is 16.5. The first-order valence-corrected chi connectivity index (χ1v) is 8.34. The lowest BCUT2D eigenvalue weighted by Crippen LogP contribution is -2.39. The van der Waals surface area contributed by atoms with E-state index in [4.69, 9.17) is 4.74 Å². The van der Waals surface area contributed by atoms with Gasteiger partial charge >= 0.3 is 0 Å². The molecule has 1 aromatic heterocycles. The number of aryl methyl sites for hydroxylation is 1. The third kappa shape index (κ3) is 4.99. The van der Waals surface area contributed by atoms with Gasteiger partial charge in [-0.15, -0.1) is 0 Å². The fourth-order valence-corrected chi connectivity index (χ4v) is 2.71. The van der Waals surface area contributed by atoms with Crippen molar-refractivity contribution in [2.45, 2.75) is 26.7 Å². The summed E-state index contributed by atoms with van der Waals surface area (Å²) in [6.07, 6.45) is 4.05. The van der Waals surface area contributed by atoms with Gasteiger partial charge in [0, 0.05) is 50.5 Å². The van der Waals surface area contributed by atoms with Crippen LogP contribution >= 0.6 is 0 Å². The van der Waals surface area contributed by atoms with E-state index in [0.29, 0.717) is 0 Å². The number of guanidine groups is 1. The maximum atomic E-state index is 5.33. The first kappa shape index (κ1) is 17.3. The molecular formula is C18H28N4O. The molecule has 0 atom stereocenters. The second kappa shape index (κ2) is 9.20. The lowest BCUT2D eigenvalue weighted by Gasteiger charge is -2.11. The van der Waals surface area contributed by atoms with Crippen LogP contribution in [-0.2, 0) is 11.2 Å². The fourth-order valence-electron chi connectivity index (χ4n) is 2.71. The summed E-state index contributed by atoms with van der Waals surface area (Å²) in [5.41, 5.74) is 3.87. The van der Waals surface area contributed by atoms with Crippen molar-refractivity contribution in [3.63, 3.8) is 0 Å². The third-order valence-electron chi connectivity index (χ3n) is 3.87. The van der Waals surface area contributed by atoms with E-state index in [1.807, 2.05) is 6.92 Å². The molecule has 0 aliphatic heterocycles. The van der Waals surface area contributed by atoms with Crippen LogP contribution in [0.15, 0.2) is 29.4 Å². The molecule has 0 saturated carbocycles. The number of hydrogen-bond acceptors (Lipinski definition) is 2. The van der Waals surface area contributed by atoms with E-state index in [9.17, 15) is 0 Å². The van der Waals surface area contributed by atoms with Crippen LogP contribution < -0.4 is 10.6 Å². The van der Waals surface area contributed by atoms with Crippen molar-refractivity contribution in [3.05, 3.63) is 35.5 Å². The van der Waals surface area contributed by atoms with Gasteiger partial charge in [0.2, 0.25) is 0 Å². The number of aromatic amines is 1. The third-order valence-corrected chi connectivity index (χ3v) is 3.87. The predicted octanol–water partition coefficient (Wildman–Crippen LogP) is 2.61. The van der Waals surface area contributed by atoms with E-state index >= 15 is 0 Å². The Morgan fingerprint density at radius 1 is 1.26 bits per heavy atom. The minimum atomic E-state index is 0.775. The Morgan fingerprint density at radius 3 is 2.87 bits per heavy atom. The van der Waals surface area contributed by atoms with Gasteiger partial charge in [-0.3, -0.25) is 4.99 Å². The summed E-state index contributed by atoms with van der Waals surface area (Å²) in [4.78, 5) is 7.60. The number of nitrogens with zero attached hydrogens (tertiary/aromatic N) is 1. The lowest BCUT2D eigenvalue weighted by molar-refractivity contribution is 0.145. The van der Waals surface area contributed by atoms with Crippen molar-refractivity contribution in [2.75, 3.05) is 33.4 Å². The zero-order valence-electron chi connectivity index (χ0n) is 14.4. The van der Waals surface area contributed by atoms with Crippen molar-refractivity contribution in [2.24, 2.45) is 4.99 Å². The molecule has 0 bridgehead atoms. The zero-order chi connectivity index (χ0) is 16.5. The second-order valence-corrected chi connectivity index (χ2v) is 5.54. The molecule has 0 aliphatic rings. The normalized spacial score (nSPS) is 11.9. The molecule has 5 nitrogen and oxygen atoms in total. The molecule has 1 aromatic carbocycles. The Kier molecular flexibility index (Phi) is 6.94. The Hall–Kier alpha value is -2.01. The van der Waals surface area contributed by atoms with E-state index in [0.717, 1.165) is 45.1 Å². The monoisotopic (exact) mass is 316 g/mol. The molecule has 2 rings (SSSR count). The first-order chi connectivity index (χ1) is 11.3. The highest BCUT2D eigenvalue weighted by Crippen LogP contribution is 2.22. The topological polar surface area (TPSA) is 61.4 Å². The van der Waals surface area contributed by atoms with Gasteiger partial charge in [0.1, 0.15) is 0 Å². The van der Waals surface area contributed by atoms with Crippen LogP contribution in [0.1, 0.15) is 24.5 Å². The molecule has 0 aliphatic carbocycles. The number of H-pyrrole nitrogens is 1. The fraction of sp³-hybridized carbons (Fsp3) is 0.500. The van der Waals surface area contributed by atoms with E-state index < -0.39 is 0 Å². The lowest BCUT2D eigenvalue weighted by atomic mass is 10.1. The van der Waals surface area contributed by atoms with Crippen LogP contribution in [0.4, 0.5) is 0 Å². The summed E-state index contributed by atoms with van der Waals surface area (Å²) >= 11 is 0. The number of rotatable bonds is 8. The van der Waals surface area contributed by atoms with Gasteiger partial charge in [-0.25, -0.2) is 0 Å². The van der Waals surface area contributed by atoms with E-state index in [2.05, 4.69) is 51.9 Å². The number of benzene rings is 1. The smallest absolute Gasteiger partial charge is 0.190 e. The molecule has 2 aromatic rings. The summed E-state index contributed by atoms with van der Waals surface area (Å²) in [6, 6.07) is 6.37. The van der Waals surface area contributed by atoms with E-state index in [1.54, 1.807) is 7.05 Å². The predicted molar refractivity (Wildman–Crippen MR) is 97.2 cm³/mol.